The molecule has 2 aromatic rings. The van der Waals surface area contributed by atoms with E-state index in [1.165, 1.54) is 12.1 Å². The normalized spacial score (nSPS) is 11.1. The summed E-state index contributed by atoms with van der Waals surface area (Å²) in [5.74, 6) is -0.345. The second-order valence-electron chi connectivity index (χ2n) is 4.48. The maximum Gasteiger partial charge on any atom is 0.416 e. The monoisotopic (exact) mass is 372 g/mol. The average Bonchev–Trinajstić information content (AvgIpc) is 2.46. The Hall–Kier alpha value is -2.02. The van der Waals surface area contributed by atoms with E-state index in [-0.39, 0.29) is 12.5 Å². The summed E-state index contributed by atoms with van der Waals surface area (Å²) in [5.41, 5.74) is 0.333. The Morgan fingerprint density at radius 2 is 1.50 bits per heavy atom. The van der Waals surface area contributed by atoms with Crippen molar-refractivity contribution in [2.75, 3.05) is 17.2 Å². The van der Waals surface area contributed by atoms with Crippen molar-refractivity contribution in [3.05, 3.63) is 58.6 Å². The number of carbonyl (C=O) groups excluding carboxylic acids is 1. The van der Waals surface area contributed by atoms with E-state index < -0.39 is 11.7 Å². The van der Waals surface area contributed by atoms with E-state index in [0.717, 1.165) is 22.3 Å². The number of hydrogen-bond acceptors (Lipinski definition) is 2. The maximum absolute atomic E-state index is 12.4. The topological polar surface area (TPSA) is 41.1 Å². The summed E-state index contributed by atoms with van der Waals surface area (Å²) in [6, 6.07) is 11.6. The number of halogens is 4. The van der Waals surface area contributed by atoms with Crippen LogP contribution in [0.15, 0.2) is 53.0 Å². The van der Waals surface area contributed by atoms with Gasteiger partial charge in [0.15, 0.2) is 0 Å². The molecule has 0 saturated carbocycles. The fraction of sp³-hybridized carbons (Fsp3) is 0.133. The second-order valence-corrected chi connectivity index (χ2v) is 5.40. The summed E-state index contributed by atoms with van der Waals surface area (Å²) in [5, 5.41) is 5.44. The van der Waals surface area contributed by atoms with Crippen LogP contribution in [-0.2, 0) is 11.0 Å². The molecule has 0 unspecified atom stereocenters. The molecule has 0 bridgehead atoms. The van der Waals surface area contributed by atoms with Crippen LogP contribution in [0.3, 0.4) is 0 Å². The maximum atomic E-state index is 12.4. The van der Waals surface area contributed by atoms with E-state index in [1.54, 1.807) is 12.1 Å². The molecule has 0 spiro atoms. The molecule has 0 atom stereocenters. The van der Waals surface area contributed by atoms with E-state index >= 15 is 0 Å². The van der Waals surface area contributed by atoms with Crippen LogP contribution in [0.25, 0.3) is 0 Å². The van der Waals surface area contributed by atoms with Gasteiger partial charge in [-0.2, -0.15) is 13.2 Å². The van der Waals surface area contributed by atoms with Gasteiger partial charge in [0.25, 0.3) is 0 Å². The van der Waals surface area contributed by atoms with Crippen molar-refractivity contribution >= 4 is 33.2 Å². The molecule has 0 radical (unpaired) electrons. The molecule has 2 N–H and O–H groups in total. The van der Waals surface area contributed by atoms with E-state index in [0.29, 0.717) is 5.69 Å². The van der Waals surface area contributed by atoms with Crippen LogP contribution in [-0.4, -0.2) is 12.5 Å². The summed E-state index contributed by atoms with van der Waals surface area (Å²) in [4.78, 5) is 11.7. The first-order valence-corrected chi connectivity index (χ1v) is 7.10. The van der Waals surface area contributed by atoms with Crippen LogP contribution in [0.2, 0.25) is 0 Å². The fourth-order valence-electron chi connectivity index (χ4n) is 1.70. The molecular weight excluding hydrogens is 361 g/mol. The first-order chi connectivity index (χ1) is 10.3. The van der Waals surface area contributed by atoms with Crippen LogP contribution < -0.4 is 10.6 Å². The minimum atomic E-state index is -4.38. The number of alkyl halides is 3. The predicted molar refractivity (Wildman–Crippen MR) is 82.7 cm³/mol. The van der Waals surface area contributed by atoms with Crippen LogP contribution >= 0.6 is 15.9 Å². The standard InChI is InChI=1S/C15H12BrF3N2O/c16-11-3-7-12(8-4-11)20-9-14(22)21-13-5-1-10(2-6-13)15(17,18)19/h1-8,20H,9H2,(H,21,22). The molecule has 2 rings (SSSR count). The Labute approximate surface area is 133 Å². The number of nitrogens with one attached hydrogen (secondary N) is 2. The summed E-state index contributed by atoms with van der Waals surface area (Å²) in [6.07, 6.45) is -4.38. The van der Waals surface area contributed by atoms with E-state index in [2.05, 4.69) is 26.6 Å². The highest BCUT2D eigenvalue weighted by Crippen LogP contribution is 2.29. The molecule has 0 aliphatic heterocycles. The third-order valence-electron chi connectivity index (χ3n) is 2.79. The van der Waals surface area contributed by atoms with Gasteiger partial charge in [-0.1, -0.05) is 15.9 Å². The molecule has 0 saturated heterocycles. The molecule has 1 amide bonds. The van der Waals surface area contributed by atoms with Crippen LogP contribution in [0.1, 0.15) is 5.56 Å². The third-order valence-corrected chi connectivity index (χ3v) is 3.32. The van der Waals surface area contributed by atoms with Gasteiger partial charge >= 0.3 is 6.18 Å². The number of hydrogen-bond donors (Lipinski definition) is 2. The number of amides is 1. The molecule has 0 heterocycles. The van der Waals surface area contributed by atoms with Gasteiger partial charge in [-0.25, -0.2) is 0 Å². The van der Waals surface area contributed by atoms with E-state index in [1.807, 2.05) is 12.1 Å². The van der Waals surface area contributed by atoms with Gasteiger partial charge in [-0.05, 0) is 48.5 Å². The molecule has 0 aliphatic rings. The van der Waals surface area contributed by atoms with Gasteiger partial charge in [0.1, 0.15) is 0 Å². The number of benzene rings is 2. The molecule has 116 valence electrons. The SMILES string of the molecule is O=C(CNc1ccc(Br)cc1)Nc1ccc(C(F)(F)F)cc1. The molecule has 0 aliphatic carbocycles. The van der Waals surface area contributed by atoms with Gasteiger partial charge in [-0.15, -0.1) is 0 Å². The minimum Gasteiger partial charge on any atom is -0.376 e. The van der Waals surface area contributed by atoms with Crippen molar-refractivity contribution in [2.24, 2.45) is 0 Å². The zero-order valence-corrected chi connectivity index (χ0v) is 12.8. The predicted octanol–water partition coefficient (Wildman–Crippen LogP) is 4.52. The molecule has 0 aromatic heterocycles. The second kappa shape index (κ2) is 6.83. The molecule has 0 fully saturated rings. The van der Waals surface area contributed by atoms with Crippen LogP contribution in [0.4, 0.5) is 24.5 Å². The summed E-state index contributed by atoms with van der Waals surface area (Å²) in [7, 11) is 0. The van der Waals surface area contributed by atoms with Crippen LogP contribution in [0, 0.1) is 0 Å². The number of rotatable bonds is 4. The van der Waals surface area contributed by atoms with Gasteiger partial charge in [0.05, 0.1) is 12.1 Å². The lowest BCUT2D eigenvalue weighted by Crippen LogP contribution is -2.21. The van der Waals surface area contributed by atoms with Gasteiger partial charge in [-0.3, -0.25) is 4.79 Å². The highest BCUT2D eigenvalue weighted by Gasteiger charge is 2.29. The largest absolute Gasteiger partial charge is 0.416 e. The summed E-state index contributed by atoms with van der Waals surface area (Å²) < 4.78 is 38.2. The third kappa shape index (κ3) is 4.77. The molecule has 3 nitrogen and oxygen atoms in total. The van der Waals surface area contributed by atoms with Crippen molar-refractivity contribution < 1.29 is 18.0 Å². The van der Waals surface area contributed by atoms with Crippen molar-refractivity contribution in [2.45, 2.75) is 6.18 Å². The van der Waals surface area contributed by atoms with Crippen molar-refractivity contribution in [1.29, 1.82) is 0 Å². The Kier molecular flexibility index (Phi) is 5.07. The smallest absolute Gasteiger partial charge is 0.376 e. The van der Waals surface area contributed by atoms with E-state index in [9.17, 15) is 18.0 Å². The van der Waals surface area contributed by atoms with Crippen molar-refractivity contribution in [3.63, 3.8) is 0 Å². The fourth-order valence-corrected chi connectivity index (χ4v) is 1.96. The molecular formula is C15H12BrF3N2O. The highest BCUT2D eigenvalue weighted by molar-refractivity contribution is 9.10. The Morgan fingerprint density at radius 1 is 0.955 bits per heavy atom. The van der Waals surface area contributed by atoms with Crippen molar-refractivity contribution in [3.8, 4) is 0 Å². The molecule has 2 aromatic carbocycles. The lowest BCUT2D eigenvalue weighted by molar-refractivity contribution is -0.137. The molecule has 7 heteroatoms. The quantitative estimate of drug-likeness (QED) is 0.828. The van der Waals surface area contributed by atoms with Crippen LogP contribution in [0.5, 0.6) is 0 Å². The lowest BCUT2D eigenvalue weighted by Gasteiger charge is -2.10. The van der Waals surface area contributed by atoms with Gasteiger partial charge < -0.3 is 10.6 Å². The highest BCUT2D eigenvalue weighted by atomic mass is 79.9. The molecule has 22 heavy (non-hydrogen) atoms. The first kappa shape index (κ1) is 16.4. The summed E-state index contributed by atoms with van der Waals surface area (Å²) in [6.45, 7) is 0.0165. The average molecular weight is 373 g/mol. The summed E-state index contributed by atoms with van der Waals surface area (Å²) >= 11 is 3.30. The Balaban J connectivity index is 1.88. The number of carbonyl (C=O) groups is 1. The first-order valence-electron chi connectivity index (χ1n) is 6.31. The Morgan fingerprint density at radius 3 is 2.05 bits per heavy atom. The zero-order valence-electron chi connectivity index (χ0n) is 11.2. The van der Waals surface area contributed by atoms with Gasteiger partial charge in [0.2, 0.25) is 5.91 Å². The van der Waals surface area contributed by atoms with E-state index in [4.69, 9.17) is 0 Å². The lowest BCUT2D eigenvalue weighted by atomic mass is 10.2. The number of anilines is 2. The zero-order chi connectivity index (χ0) is 16.2. The van der Waals surface area contributed by atoms with Gasteiger partial charge in [0, 0.05) is 15.8 Å². The van der Waals surface area contributed by atoms with Crippen molar-refractivity contribution in [1.82, 2.24) is 0 Å². The minimum absolute atomic E-state index is 0.0165. The Bertz CT molecular complexity index is 639.